The largest absolute Gasteiger partial charge is 0.466 e. The van der Waals surface area contributed by atoms with E-state index in [0.29, 0.717) is 0 Å². The molecule has 3 heteroatoms. The molecule has 1 aliphatic rings. The van der Waals surface area contributed by atoms with E-state index < -0.39 is 0 Å². The van der Waals surface area contributed by atoms with Gasteiger partial charge in [0.15, 0.2) is 0 Å². The molecular weight excluding hydrogens is 236 g/mol. The standard InChI is InChI=1S/C16H28N2O/c1-13-14(2)19-15(3)16(13)12-17-8-7-11-18-9-5-4-6-10-18/h17H,4-12H2,1-3H3. The van der Waals surface area contributed by atoms with Crippen LogP contribution in [0.5, 0.6) is 0 Å². The highest BCUT2D eigenvalue weighted by atomic mass is 16.3. The zero-order chi connectivity index (χ0) is 13.7. The highest BCUT2D eigenvalue weighted by Gasteiger charge is 2.11. The van der Waals surface area contributed by atoms with Crippen LogP contribution >= 0.6 is 0 Å². The minimum atomic E-state index is 0.939. The van der Waals surface area contributed by atoms with Crippen LogP contribution in [-0.4, -0.2) is 31.1 Å². The highest BCUT2D eigenvalue weighted by Crippen LogP contribution is 2.20. The van der Waals surface area contributed by atoms with Crippen LogP contribution in [0.4, 0.5) is 0 Å². The summed E-state index contributed by atoms with van der Waals surface area (Å²) < 4.78 is 5.65. The third-order valence-corrected chi connectivity index (χ3v) is 4.29. The van der Waals surface area contributed by atoms with Gasteiger partial charge in [-0.25, -0.2) is 0 Å². The molecule has 2 heterocycles. The first kappa shape index (κ1) is 14.6. The van der Waals surface area contributed by atoms with E-state index in [0.717, 1.165) is 24.6 Å². The van der Waals surface area contributed by atoms with Gasteiger partial charge in [0.2, 0.25) is 0 Å². The van der Waals surface area contributed by atoms with Crippen molar-refractivity contribution >= 4 is 0 Å². The van der Waals surface area contributed by atoms with Gasteiger partial charge in [-0.15, -0.1) is 0 Å². The zero-order valence-electron chi connectivity index (χ0n) is 12.7. The maximum absolute atomic E-state index is 5.65. The number of aryl methyl sites for hydroxylation is 2. The van der Waals surface area contributed by atoms with Gasteiger partial charge in [0.1, 0.15) is 11.5 Å². The number of nitrogens with zero attached hydrogens (tertiary/aromatic N) is 1. The normalized spacial score (nSPS) is 17.0. The Morgan fingerprint density at radius 2 is 1.79 bits per heavy atom. The van der Waals surface area contributed by atoms with E-state index in [9.17, 15) is 0 Å². The summed E-state index contributed by atoms with van der Waals surface area (Å²) in [7, 11) is 0. The van der Waals surface area contributed by atoms with E-state index >= 15 is 0 Å². The average Bonchev–Trinajstić information content (AvgIpc) is 2.65. The Balaban J connectivity index is 1.63. The Morgan fingerprint density at radius 3 is 2.42 bits per heavy atom. The molecule has 0 atom stereocenters. The van der Waals surface area contributed by atoms with Crippen molar-refractivity contribution in [2.75, 3.05) is 26.2 Å². The van der Waals surface area contributed by atoms with Crippen molar-refractivity contribution in [3.8, 4) is 0 Å². The number of rotatable bonds is 6. The molecule has 1 aliphatic heterocycles. The maximum atomic E-state index is 5.65. The molecule has 0 radical (unpaired) electrons. The van der Waals surface area contributed by atoms with Gasteiger partial charge in [-0.1, -0.05) is 6.42 Å². The molecule has 1 aromatic heterocycles. The van der Waals surface area contributed by atoms with Crippen LogP contribution in [0.1, 0.15) is 48.3 Å². The Bertz CT molecular complexity index is 392. The second-order valence-electron chi connectivity index (χ2n) is 5.75. The van der Waals surface area contributed by atoms with E-state index in [1.165, 1.54) is 56.4 Å². The molecule has 19 heavy (non-hydrogen) atoms. The highest BCUT2D eigenvalue weighted by molar-refractivity contribution is 5.31. The number of nitrogens with one attached hydrogen (secondary N) is 1. The summed E-state index contributed by atoms with van der Waals surface area (Å²) in [5.41, 5.74) is 2.65. The molecule has 2 rings (SSSR count). The number of likely N-dealkylation sites (tertiary alicyclic amines) is 1. The van der Waals surface area contributed by atoms with Crippen LogP contribution in [-0.2, 0) is 6.54 Å². The molecule has 0 bridgehead atoms. The minimum absolute atomic E-state index is 0.939. The van der Waals surface area contributed by atoms with Crippen LogP contribution in [0.25, 0.3) is 0 Å². The molecule has 108 valence electrons. The summed E-state index contributed by atoms with van der Waals surface area (Å²) in [6.07, 6.45) is 5.45. The summed E-state index contributed by atoms with van der Waals surface area (Å²) in [6.45, 7) is 12.1. The van der Waals surface area contributed by atoms with Gasteiger partial charge in [0.25, 0.3) is 0 Å². The molecule has 0 aliphatic carbocycles. The maximum Gasteiger partial charge on any atom is 0.105 e. The first-order valence-corrected chi connectivity index (χ1v) is 7.67. The lowest BCUT2D eigenvalue weighted by Gasteiger charge is -2.26. The van der Waals surface area contributed by atoms with Crippen molar-refractivity contribution in [1.82, 2.24) is 10.2 Å². The van der Waals surface area contributed by atoms with Crippen molar-refractivity contribution in [3.63, 3.8) is 0 Å². The van der Waals surface area contributed by atoms with Gasteiger partial charge in [-0.2, -0.15) is 0 Å². The van der Waals surface area contributed by atoms with Crippen molar-refractivity contribution < 1.29 is 4.42 Å². The first-order valence-electron chi connectivity index (χ1n) is 7.67. The number of hydrogen-bond acceptors (Lipinski definition) is 3. The average molecular weight is 264 g/mol. The molecular formula is C16H28N2O. The molecule has 1 saturated heterocycles. The quantitative estimate of drug-likeness (QED) is 0.800. The Kier molecular flexibility index (Phi) is 5.46. The molecule has 0 amide bonds. The summed E-state index contributed by atoms with van der Waals surface area (Å²) >= 11 is 0. The molecule has 1 N–H and O–H groups in total. The lowest BCUT2D eigenvalue weighted by molar-refractivity contribution is 0.225. The van der Waals surface area contributed by atoms with Gasteiger partial charge in [0.05, 0.1) is 0 Å². The topological polar surface area (TPSA) is 28.4 Å². The summed E-state index contributed by atoms with van der Waals surface area (Å²) in [5, 5.41) is 3.55. The fraction of sp³-hybridized carbons (Fsp3) is 0.750. The number of piperidine rings is 1. The van der Waals surface area contributed by atoms with Crippen molar-refractivity contribution in [2.45, 2.75) is 53.0 Å². The van der Waals surface area contributed by atoms with Crippen LogP contribution in [0.3, 0.4) is 0 Å². The van der Waals surface area contributed by atoms with E-state index in [-0.39, 0.29) is 0 Å². The monoisotopic (exact) mass is 264 g/mol. The second kappa shape index (κ2) is 7.11. The molecule has 1 aromatic rings. The number of furan rings is 1. The molecule has 0 spiro atoms. The van der Waals surface area contributed by atoms with Gasteiger partial charge >= 0.3 is 0 Å². The smallest absolute Gasteiger partial charge is 0.105 e. The second-order valence-corrected chi connectivity index (χ2v) is 5.75. The van der Waals surface area contributed by atoms with Gasteiger partial charge in [-0.3, -0.25) is 0 Å². The van der Waals surface area contributed by atoms with E-state index in [2.05, 4.69) is 24.1 Å². The fourth-order valence-electron chi connectivity index (χ4n) is 2.93. The Labute approximate surface area is 117 Å². The third kappa shape index (κ3) is 4.08. The Morgan fingerprint density at radius 1 is 1.05 bits per heavy atom. The lowest BCUT2D eigenvalue weighted by Crippen LogP contribution is -2.32. The summed E-state index contributed by atoms with van der Waals surface area (Å²) in [6, 6.07) is 0. The Hall–Kier alpha value is -0.800. The van der Waals surface area contributed by atoms with Crippen LogP contribution < -0.4 is 5.32 Å². The number of hydrogen-bond donors (Lipinski definition) is 1. The van der Waals surface area contributed by atoms with Gasteiger partial charge < -0.3 is 14.6 Å². The van der Waals surface area contributed by atoms with E-state index in [1.807, 2.05) is 6.92 Å². The summed E-state index contributed by atoms with van der Waals surface area (Å²) in [4.78, 5) is 2.60. The fourth-order valence-corrected chi connectivity index (χ4v) is 2.93. The third-order valence-electron chi connectivity index (χ3n) is 4.29. The van der Waals surface area contributed by atoms with Crippen molar-refractivity contribution in [3.05, 3.63) is 22.6 Å². The summed E-state index contributed by atoms with van der Waals surface area (Å²) in [5.74, 6) is 2.13. The first-order chi connectivity index (χ1) is 9.18. The molecule has 1 fully saturated rings. The molecule has 3 nitrogen and oxygen atoms in total. The van der Waals surface area contributed by atoms with Gasteiger partial charge in [-0.05, 0) is 71.8 Å². The zero-order valence-corrected chi connectivity index (χ0v) is 12.7. The predicted octanol–water partition coefficient (Wildman–Crippen LogP) is 3.17. The van der Waals surface area contributed by atoms with Crippen LogP contribution in [0.2, 0.25) is 0 Å². The van der Waals surface area contributed by atoms with E-state index in [4.69, 9.17) is 4.42 Å². The predicted molar refractivity (Wildman–Crippen MR) is 79.5 cm³/mol. The molecule has 0 saturated carbocycles. The SMILES string of the molecule is Cc1oc(C)c(CNCCCN2CCCCC2)c1C. The van der Waals surface area contributed by atoms with Crippen LogP contribution in [0, 0.1) is 20.8 Å². The van der Waals surface area contributed by atoms with Crippen molar-refractivity contribution in [2.24, 2.45) is 0 Å². The molecule has 0 unspecified atom stereocenters. The minimum Gasteiger partial charge on any atom is -0.466 e. The van der Waals surface area contributed by atoms with Gasteiger partial charge in [0, 0.05) is 12.1 Å². The lowest BCUT2D eigenvalue weighted by atomic mass is 10.1. The van der Waals surface area contributed by atoms with Crippen molar-refractivity contribution in [1.29, 1.82) is 0 Å². The van der Waals surface area contributed by atoms with E-state index in [1.54, 1.807) is 0 Å². The molecule has 0 aromatic carbocycles. The van der Waals surface area contributed by atoms with Crippen LogP contribution in [0.15, 0.2) is 4.42 Å².